The van der Waals surface area contributed by atoms with Gasteiger partial charge in [-0.2, -0.15) is 0 Å². The van der Waals surface area contributed by atoms with E-state index in [1.807, 2.05) is 44.2 Å². The summed E-state index contributed by atoms with van der Waals surface area (Å²) < 4.78 is 19.5. The zero-order valence-electron chi connectivity index (χ0n) is 18.3. The minimum Gasteiger partial charge on any atom is -0.491 e. The number of para-hydroxylation sites is 1. The molecule has 2 aromatic carbocycles. The molecule has 0 radical (unpaired) electrons. The number of benzene rings is 2. The van der Waals surface area contributed by atoms with Crippen LogP contribution in [0.15, 0.2) is 57.9 Å². The maximum absolute atomic E-state index is 12.1. The highest BCUT2D eigenvalue weighted by Crippen LogP contribution is 2.24. The highest BCUT2D eigenvalue weighted by molar-refractivity contribution is 14.1. The van der Waals surface area contributed by atoms with Gasteiger partial charge in [-0.15, -0.1) is 5.10 Å². The van der Waals surface area contributed by atoms with Gasteiger partial charge in [-0.05, 0) is 65.8 Å². The van der Waals surface area contributed by atoms with E-state index in [9.17, 15) is 9.90 Å². The first-order valence-corrected chi connectivity index (χ1v) is 11.7. The summed E-state index contributed by atoms with van der Waals surface area (Å²) in [7, 11) is 0. The molecule has 0 saturated heterocycles. The fourth-order valence-corrected chi connectivity index (χ4v) is 4.08. The quantitative estimate of drug-likeness (QED) is 0.245. The fourth-order valence-electron chi connectivity index (χ4n) is 3.54. The van der Waals surface area contributed by atoms with E-state index in [-0.39, 0.29) is 25.4 Å². The van der Waals surface area contributed by atoms with Gasteiger partial charge < -0.3 is 19.0 Å². The van der Waals surface area contributed by atoms with Crippen molar-refractivity contribution in [1.82, 2.24) is 15.0 Å². The van der Waals surface area contributed by atoms with Crippen molar-refractivity contribution in [3.05, 3.63) is 79.5 Å². The Hall–Kier alpha value is -2.92. The monoisotopic (exact) mass is 561 g/mol. The summed E-state index contributed by atoms with van der Waals surface area (Å²) in [6, 6.07) is 13.1. The molecule has 2 heterocycles. The molecule has 9 heteroatoms. The van der Waals surface area contributed by atoms with Gasteiger partial charge in [-0.25, -0.2) is 9.48 Å². The van der Waals surface area contributed by atoms with Crippen LogP contribution in [0.1, 0.15) is 23.7 Å². The minimum absolute atomic E-state index is 0.0513. The van der Waals surface area contributed by atoms with Crippen LogP contribution in [-0.4, -0.2) is 32.8 Å². The van der Waals surface area contributed by atoms with Gasteiger partial charge in [0.25, 0.3) is 0 Å². The van der Waals surface area contributed by atoms with Gasteiger partial charge in [0.15, 0.2) is 0 Å². The van der Waals surface area contributed by atoms with Gasteiger partial charge in [0, 0.05) is 17.0 Å². The lowest BCUT2D eigenvalue weighted by atomic mass is 10.0. The number of aliphatic hydroxyl groups is 1. The van der Waals surface area contributed by atoms with Crippen molar-refractivity contribution in [1.29, 1.82) is 0 Å². The van der Waals surface area contributed by atoms with Crippen molar-refractivity contribution in [2.75, 3.05) is 6.61 Å². The average molecular weight is 561 g/mol. The molecule has 0 bridgehead atoms. The van der Waals surface area contributed by atoms with Crippen molar-refractivity contribution in [2.24, 2.45) is 0 Å². The maximum atomic E-state index is 12.1. The molecule has 0 saturated carbocycles. The molecular weight excluding hydrogens is 537 g/mol. The molecule has 0 spiro atoms. The Morgan fingerprint density at radius 1 is 1.21 bits per heavy atom. The maximum Gasteiger partial charge on any atom is 0.339 e. The van der Waals surface area contributed by atoms with Crippen LogP contribution in [0.4, 0.5) is 0 Å². The molecule has 2 aromatic heterocycles. The normalized spacial score (nSPS) is 12.1. The number of nitrogens with zero attached hydrogens (tertiary/aromatic N) is 3. The summed E-state index contributed by atoms with van der Waals surface area (Å²) in [4.78, 5) is 12.1. The average Bonchev–Trinajstić information content (AvgIpc) is 3.24. The molecule has 0 aliphatic rings. The molecule has 4 rings (SSSR count). The molecule has 1 N–H and O–H groups in total. The number of aliphatic hydroxyl groups excluding tert-OH is 1. The molecule has 172 valence electrons. The number of hydrogen-bond acceptors (Lipinski definition) is 7. The third kappa shape index (κ3) is 5.53. The van der Waals surface area contributed by atoms with Crippen molar-refractivity contribution in [2.45, 2.75) is 39.5 Å². The van der Waals surface area contributed by atoms with Gasteiger partial charge in [0.2, 0.25) is 0 Å². The van der Waals surface area contributed by atoms with E-state index < -0.39 is 6.10 Å². The van der Waals surface area contributed by atoms with Crippen LogP contribution < -0.4 is 15.1 Å². The first-order chi connectivity index (χ1) is 15.9. The Kier molecular flexibility index (Phi) is 7.29. The number of ether oxygens (including phenoxy) is 2. The molecule has 1 unspecified atom stereocenters. The molecular formula is C24H24IN3O5. The SMILES string of the molecule is CCc1c(C)c2ccc(OCC(O)Cn3cc(COc4ccccc4I)nn3)cc2oc1=O. The van der Waals surface area contributed by atoms with Crippen LogP contribution in [0.3, 0.4) is 0 Å². The lowest BCUT2D eigenvalue weighted by Gasteiger charge is -2.13. The van der Waals surface area contributed by atoms with E-state index in [1.54, 1.807) is 23.0 Å². The summed E-state index contributed by atoms with van der Waals surface area (Å²) in [6.45, 7) is 4.40. The Morgan fingerprint density at radius 3 is 2.82 bits per heavy atom. The number of halogens is 1. The van der Waals surface area contributed by atoms with Crippen LogP contribution >= 0.6 is 22.6 Å². The Bertz CT molecular complexity index is 1320. The second kappa shape index (κ2) is 10.3. The third-order valence-corrected chi connectivity index (χ3v) is 6.14. The Morgan fingerprint density at radius 2 is 2.03 bits per heavy atom. The summed E-state index contributed by atoms with van der Waals surface area (Å²) >= 11 is 2.21. The van der Waals surface area contributed by atoms with Crippen molar-refractivity contribution in [3.63, 3.8) is 0 Å². The molecule has 0 aliphatic carbocycles. The molecule has 33 heavy (non-hydrogen) atoms. The molecule has 1 atom stereocenters. The number of fused-ring (bicyclic) bond motifs is 1. The summed E-state index contributed by atoms with van der Waals surface area (Å²) in [5.74, 6) is 1.30. The summed E-state index contributed by atoms with van der Waals surface area (Å²) in [5, 5.41) is 19.4. The molecule has 0 amide bonds. The Labute approximate surface area is 204 Å². The van der Waals surface area contributed by atoms with Gasteiger partial charge in [0.05, 0.1) is 16.3 Å². The van der Waals surface area contributed by atoms with E-state index in [0.717, 1.165) is 20.3 Å². The summed E-state index contributed by atoms with van der Waals surface area (Å²) in [5.41, 5.74) is 2.41. The smallest absolute Gasteiger partial charge is 0.339 e. The first-order valence-electron chi connectivity index (χ1n) is 10.6. The number of aromatic nitrogens is 3. The summed E-state index contributed by atoms with van der Waals surface area (Å²) in [6.07, 6.45) is 1.55. The van der Waals surface area contributed by atoms with Crippen LogP contribution in [-0.2, 0) is 19.6 Å². The molecule has 8 nitrogen and oxygen atoms in total. The standard InChI is InChI=1S/C24H24IN3O5/c1-3-19-15(2)20-9-8-18(10-23(20)33-24(19)30)31-14-17(29)12-28-11-16(26-27-28)13-32-22-7-5-4-6-21(22)25/h4-11,17,29H,3,12-14H2,1-2H3. The number of rotatable bonds is 9. The van der Waals surface area contributed by atoms with Crippen molar-refractivity contribution < 1.29 is 19.0 Å². The topological polar surface area (TPSA) is 99.6 Å². The second-order valence-corrected chi connectivity index (χ2v) is 8.78. The first kappa shape index (κ1) is 23.2. The van der Waals surface area contributed by atoms with Crippen molar-refractivity contribution >= 4 is 33.6 Å². The largest absolute Gasteiger partial charge is 0.491 e. The van der Waals surface area contributed by atoms with E-state index in [4.69, 9.17) is 13.9 Å². The van der Waals surface area contributed by atoms with Crippen LogP contribution in [0.2, 0.25) is 0 Å². The van der Waals surface area contributed by atoms with E-state index in [1.165, 1.54) is 0 Å². The van der Waals surface area contributed by atoms with E-state index in [0.29, 0.717) is 29.0 Å². The highest BCUT2D eigenvalue weighted by Gasteiger charge is 2.13. The van der Waals surface area contributed by atoms with Crippen LogP contribution in [0.25, 0.3) is 11.0 Å². The molecule has 0 aliphatic heterocycles. The molecule has 0 fully saturated rings. The van der Waals surface area contributed by atoms with E-state index >= 15 is 0 Å². The van der Waals surface area contributed by atoms with Crippen LogP contribution in [0, 0.1) is 10.5 Å². The second-order valence-electron chi connectivity index (χ2n) is 7.62. The zero-order chi connectivity index (χ0) is 23.4. The molecule has 4 aromatic rings. The van der Waals surface area contributed by atoms with Gasteiger partial charge >= 0.3 is 5.63 Å². The third-order valence-electron chi connectivity index (χ3n) is 5.25. The predicted octanol–water partition coefficient (Wildman–Crippen LogP) is 3.88. The lowest BCUT2D eigenvalue weighted by Crippen LogP contribution is -2.24. The van der Waals surface area contributed by atoms with Crippen molar-refractivity contribution in [3.8, 4) is 11.5 Å². The minimum atomic E-state index is -0.803. The van der Waals surface area contributed by atoms with Gasteiger partial charge in [0.1, 0.15) is 42.1 Å². The van der Waals surface area contributed by atoms with Gasteiger partial charge in [-0.1, -0.05) is 24.3 Å². The van der Waals surface area contributed by atoms with Gasteiger partial charge in [-0.3, -0.25) is 0 Å². The van der Waals surface area contributed by atoms with E-state index in [2.05, 4.69) is 32.9 Å². The fraction of sp³-hybridized carbons (Fsp3) is 0.292. The van der Waals surface area contributed by atoms with Crippen LogP contribution in [0.5, 0.6) is 11.5 Å². The number of aryl methyl sites for hydroxylation is 1. The Balaban J connectivity index is 1.33. The zero-order valence-corrected chi connectivity index (χ0v) is 20.5. The lowest BCUT2D eigenvalue weighted by molar-refractivity contribution is 0.0888. The number of hydrogen-bond donors (Lipinski definition) is 1. The highest BCUT2D eigenvalue weighted by atomic mass is 127. The predicted molar refractivity (Wildman–Crippen MR) is 132 cm³/mol.